The Bertz CT molecular complexity index is 783. The van der Waals surface area contributed by atoms with Gasteiger partial charge in [0.05, 0.1) is 5.92 Å². The van der Waals surface area contributed by atoms with Crippen molar-refractivity contribution >= 4 is 23.4 Å². The van der Waals surface area contributed by atoms with Crippen molar-refractivity contribution in [2.45, 2.75) is 31.5 Å². The molecular formula is C17H17F3N4O2. The summed E-state index contributed by atoms with van der Waals surface area (Å²) in [6.45, 7) is 0. The molecule has 0 amide bonds. The van der Waals surface area contributed by atoms with Crippen LogP contribution in [0.3, 0.4) is 0 Å². The molecule has 2 atom stereocenters. The van der Waals surface area contributed by atoms with Crippen LogP contribution in [0, 0.1) is 5.92 Å². The molecule has 0 radical (unpaired) electrons. The van der Waals surface area contributed by atoms with E-state index in [0.717, 1.165) is 0 Å². The van der Waals surface area contributed by atoms with E-state index in [4.69, 9.17) is 0 Å². The average molecular weight is 366 g/mol. The number of anilines is 3. The number of benzene rings is 1. The van der Waals surface area contributed by atoms with Crippen molar-refractivity contribution in [3.8, 4) is 0 Å². The Morgan fingerprint density at radius 1 is 1.19 bits per heavy atom. The quantitative estimate of drug-likeness (QED) is 0.744. The Labute approximate surface area is 147 Å². The molecule has 2 aromatic rings. The minimum Gasteiger partial charge on any atom is -0.481 e. The lowest BCUT2D eigenvalue weighted by Crippen LogP contribution is -2.31. The number of alkyl halides is 3. The highest BCUT2D eigenvalue weighted by molar-refractivity contribution is 5.72. The highest BCUT2D eigenvalue weighted by atomic mass is 19.4. The summed E-state index contributed by atoms with van der Waals surface area (Å²) < 4.78 is 39.8. The van der Waals surface area contributed by atoms with E-state index < -0.39 is 35.5 Å². The van der Waals surface area contributed by atoms with E-state index in [-0.39, 0.29) is 5.95 Å². The van der Waals surface area contributed by atoms with Crippen LogP contribution in [-0.2, 0) is 11.0 Å². The number of para-hydroxylation sites is 1. The van der Waals surface area contributed by atoms with Gasteiger partial charge in [-0.25, -0.2) is 4.98 Å². The molecule has 1 heterocycles. The lowest BCUT2D eigenvalue weighted by Gasteiger charge is -2.21. The van der Waals surface area contributed by atoms with E-state index in [1.54, 1.807) is 30.3 Å². The number of carboxylic acid groups (broad SMARTS) is 1. The smallest absolute Gasteiger partial charge is 0.421 e. The topological polar surface area (TPSA) is 87.1 Å². The predicted octanol–water partition coefficient (Wildman–Crippen LogP) is 3.90. The first kappa shape index (κ1) is 18.0. The van der Waals surface area contributed by atoms with Crippen LogP contribution in [0.5, 0.6) is 0 Å². The fraction of sp³-hybridized carbons (Fsp3) is 0.353. The highest BCUT2D eigenvalue weighted by Crippen LogP contribution is 2.36. The maximum absolute atomic E-state index is 13.3. The van der Waals surface area contributed by atoms with Gasteiger partial charge in [0.25, 0.3) is 0 Å². The summed E-state index contributed by atoms with van der Waals surface area (Å²) in [4.78, 5) is 19.0. The lowest BCUT2D eigenvalue weighted by atomic mass is 10.0. The number of aromatic nitrogens is 2. The molecule has 1 aromatic heterocycles. The fourth-order valence-electron chi connectivity index (χ4n) is 3.01. The average Bonchev–Trinajstić information content (AvgIpc) is 3.03. The minimum atomic E-state index is -4.65. The Hall–Kier alpha value is -2.84. The number of hydrogen-bond donors (Lipinski definition) is 3. The summed E-state index contributed by atoms with van der Waals surface area (Å²) in [5.41, 5.74) is -0.394. The second-order valence-electron chi connectivity index (χ2n) is 6.07. The van der Waals surface area contributed by atoms with Crippen LogP contribution in [0.1, 0.15) is 24.8 Å². The van der Waals surface area contributed by atoms with Crippen molar-refractivity contribution in [1.82, 2.24) is 9.97 Å². The molecule has 0 bridgehead atoms. The van der Waals surface area contributed by atoms with Crippen LogP contribution in [0.25, 0.3) is 0 Å². The first-order chi connectivity index (χ1) is 12.3. The number of carboxylic acids is 1. The van der Waals surface area contributed by atoms with Crippen molar-refractivity contribution in [1.29, 1.82) is 0 Å². The van der Waals surface area contributed by atoms with Gasteiger partial charge in [-0.3, -0.25) is 4.79 Å². The molecule has 0 saturated heterocycles. The molecule has 1 aliphatic carbocycles. The molecular weight excluding hydrogens is 349 g/mol. The van der Waals surface area contributed by atoms with Gasteiger partial charge in [0.2, 0.25) is 5.95 Å². The number of aliphatic carboxylic acids is 1. The number of nitrogens with one attached hydrogen (secondary N) is 2. The van der Waals surface area contributed by atoms with Crippen LogP contribution in [0.15, 0.2) is 36.5 Å². The molecule has 0 unspecified atom stereocenters. The Morgan fingerprint density at radius 3 is 2.58 bits per heavy atom. The maximum atomic E-state index is 13.3. The van der Waals surface area contributed by atoms with Crippen molar-refractivity contribution < 1.29 is 23.1 Å². The first-order valence-corrected chi connectivity index (χ1v) is 8.10. The molecule has 6 nitrogen and oxygen atoms in total. The minimum absolute atomic E-state index is 0.00317. The second kappa shape index (κ2) is 7.19. The van der Waals surface area contributed by atoms with E-state index in [1.807, 2.05) is 0 Å². The van der Waals surface area contributed by atoms with Gasteiger partial charge in [0.1, 0.15) is 11.4 Å². The normalized spacial score (nSPS) is 20.0. The molecule has 0 spiro atoms. The summed E-state index contributed by atoms with van der Waals surface area (Å²) in [6.07, 6.45) is -2.42. The largest absolute Gasteiger partial charge is 0.481 e. The molecule has 3 N–H and O–H groups in total. The van der Waals surface area contributed by atoms with Crippen molar-refractivity contribution in [2.24, 2.45) is 5.92 Å². The van der Waals surface area contributed by atoms with Gasteiger partial charge in [0, 0.05) is 17.9 Å². The van der Waals surface area contributed by atoms with Crippen molar-refractivity contribution in [2.75, 3.05) is 10.6 Å². The summed E-state index contributed by atoms with van der Waals surface area (Å²) in [7, 11) is 0. The van der Waals surface area contributed by atoms with E-state index in [0.29, 0.717) is 31.1 Å². The third kappa shape index (κ3) is 4.04. The van der Waals surface area contributed by atoms with Crippen LogP contribution in [0.4, 0.5) is 30.6 Å². The Morgan fingerprint density at radius 2 is 1.92 bits per heavy atom. The lowest BCUT2D eigenvalue weighted by molar-refractivity contribution is -0.141. The number of halogens is 3. The monoisotopic (exact) mass is 366 g/mol. The molecule has 1 saturated carbocycles. The molecule has 1 aliphatic rings. The van der Waals surface area contributed by atoms with E-state index in [2.05, 4.69) is 20.6 Å². The van der Waals surface area contributed by atoms with Gasteiger partial charge < -0.3 is 15.7 Å². The predicted molar refractivity (Wildman–Crippen MR) is 89.1 cm³/mol. The van der Waals surface area contributed by atoms with Crippen LogP contribution < -0.4 is 10.6 Å². The van der Waals surface area contributed by atoms with Gasteiger partial charge >= 0.3 is 12.1 Å². The molecule has 0 aliphatic heterocycles. The van der Waals surface area contributed by atoms with Crippen LogP contribution >= 0.6 is 0 Å². The number of hydrogen-bond acceptors (Lipinski definition) is 5. The third-order valence-corrected chi connectivity index (χ3v) is 4.28. The SMILES string of the molecule is O=C(O)[C@H]1CCC[C@H]1Nc1nc(Nc2ccccc2)ncc1C(F)(F)F. The van der Waals surface area contributed by atoms with E-state index >= 15 is 0 Å². The zero-order valence-electron chi connectivity index (χ0n) is 13.6. The fourth-order valence-corrected chi connectivity index (χ4v) is 3.01. The third-order valence-electron chi connectivity index (χ3n) is 4.28. The number of rotatable bonds is 5. The van der Waals surface area contributed by atoms with Gasteiger partial charge in [0.15, 0.2) is 0 Å². The van der Waals surface area contributed by atoms with Crippen molar-refractivity contribution in [3.63, 3.8) is 0 Å². The van der Waals surface area contributed by atoms with Gasteiger partial charge in [-0.15, -0.1) is 0 Å². The van der Waals surface area contributed by atoms with Crippen LogP contribution in [-0.4, -0.2) is 27.1 Å². The molecule has 1 aromatic carbocycles. The number of carbonyl (C=O) groups is 1. The Kier molecular flexibility index (Phi) is 4.97. The van der Waals surface area contributed by atoms with Gasteiger partial charge in [-0.2, -0.15) is 18.2 Å². The second-order valence-corrected chi connectivity index (χ2v) is 6.07. The van der Waals surface area contributed by atoms with E-state index in [1.165, 1.54) is 0 Å². The standard InChI is InChI=1S/C17H17F3N4O2/c18-17(19,20)12-9-21-16(22-10-5-2-1-3-6-10)24-14(12)23-13-8-4-7-11(13)15(25)26/h1-3,5-6,9,11,13H,4,7-8H2,(H,25,26)(H2,21,22,23,24)/t11-,13+/m0/s1. The molecule has 26 heavy (non-hydrogen) atoms. The van der Waals surface area contributed by atoms with Crippen LogP contribution in [0.2, 0.25) is 0 Å². The number of nitrogens with zero attached hydrogens (tertiary/aromatic N) is 2. The molecule has 9 heteroatoms. The zero-order valence-corrected chi connectivity index (χ0v) is 13.6. The molecule has 1 fully saturated rings. The summed E-state index contributed by atoms with van der Waals surface area (Å²) in [5.74, 6) is -2.18. The highest BCUT2D eigenvalue weighted by Gasteiger charge is 2.38. The summed E-state index contributed by atoms with van der Waals surface area (Å²) in [5, 5.41) is 14.8. The van der Waals surface area contributed by atoms with Gasteiger partial charge in [-0.1, -0.05) is 24.6 Å². The summed E-state index contributed by atoms with van der Waals surface area (Å²) >= 11 is 0. The molecule has 3 rings (SSSR count). The molecule has 138 valence electrons. The first-order valence-electron chi connectivity index (χ1n) is 8.10. The zero-order chi connectivity index (χ0) is 18.7. The summed E-state index contributed by atoms with van der Waals surface area (Å²) in [6, 6.07) is 8.19. The van der Waals surface area contributed by atoms with E-state index in [9.17, 15) is 23.1 Å². The van der Waals surface area contributed by atoms with Crippen molar-refractivity contribution in [3.05, 3.63) is 42.1 Å². The maximum Gasteiger partial charge on any atom is 0.421 e. The van der Waals surface area contributed by atoms with Gasteiger partial charge in [-0.05, 0) is 25.0 Å². The Balaban J connectivity index is 1.89.